The van der Waals surface area contributed by atoms with Gasteiger partial charge in [-0.3, -0.25) is 0 Å². The molecule has 1 atom stereocenters. The van der Waals surface area contributed by atoms with Crippen LogP contribution in [0, 0.1) is 6.92 Å². The van der Waals surface area contributed by atoms with Crippen molar-refractivity contribution in [2.45, 2.75) is 25.8 Å². The normalized spacial score (nSPS) is 15.2. The van der Waals surface area contributed by atoms with Gasteiger partial charge in [-0.25, -0.2) is 0 Å². The summed E-state index contributed by atoms with van der Waals surface area (Å²) in [7, 11) is 0. The van der Waals surface area contributed by atoms with Gasteiger partial charge in [-0.15, -0.1) is 0 Å². The molecule has 3 N–H and O–H groups in total. The molecule has 1 rings (SSSR count). The molecular weight excluding hydrogens is 198 g/mol. The Kier molecular flexibility index (Phi) is 3.53. The Labute approximate surface area is 89.7 Å². The zero-order valence-corrected chi connectivity index (χ0v) is 9.30. The first kappa shape index (κ1) is 11.5. The number of hydrogen-bond acceptors (Lipinski definition) is 2. The minimum absolute atomic E-state index is 0.0188. The van der Waals surface area contributed by atoms with E-state index in [0.717, 1.165) is 16.1 Å². The highest BCUT2D eigenvalue weighted by Crippen LogP contribution is 2.18. The molecule has 3 heteroatoms. The lowest BCUT2D eigenvalue weighted by Gasteiger charge is -2.22. The summed E-state index contributed by atoms with van der Waals surface area (Å²) >= 11 is 5.84. The van der Waals surface area contributed by atoms with Crippen LogP contribution in [0.1, 0.15) is 18.1 Å². The number of benzene rings is 1. The van der Waals surface area contributed by atoms with Crippen molar-refractivity contribution >= 4 is 11.6 Å². The van der Waals surface area contributed by atoms with Crippen LogP contribution in [0.15, 0.2) is 18.2 Å². The van der Waals surface area contributed by atoms with E-state index >= 15 is 0 Å². The van der Waals surface area contributed by atoms with E-state index in [2.05, 4.69) is 0 Å². The van der Waals surface area contributed by atoms with E-state index in [1.165, 1.54) is 0 Å². The Hall–Kier alpha value is -0.570. The lowest BCUT2D eigenvalue weighted by atomic mass is 9.92. The molecule has 0 aliphatic rings. The van der Waals surface area contributed by atoms with Crippen molar-refractivity contribution in [3.63, 3.8) is 0 Å². The standard InChI is InChI=1S/C11H16ClNO/c1-8-5-10(12)4-3-9(8)6-11(2,13)7-14/h3-5,14H,6-7,13H2,1-2H3. The summed E-state index contributed by atoms with van der Waals surface area (Å²) in [6.07, 6.45) is 0.659. The Bertz CT molecular complexity index is 323. The molecule has 0 saturated carbocycles. The van der Waals surface area contributed by atoms with Gasteiger partial charge in [0.1, 0.15) is 0 Å². The molecule has 1 unspecified atom stereocenters. The highest BCUT2D eigenvalue weighted by atomic mass is 35.5. The van der Waals surface area contributed by atoms with Gasteiger partial charge in [-0.05, 0) is 43.5 Å². The molecule has 1 aromatic carbocycles. The molecule has 1 aromatic rings. The van der Waals surface area contributed by atoms with Crippen molar-refractivity contribution in [3.05, 3.63) is 34.3 Å². The minimum atomic E-state index is -0.557. The van der Waals surface area contributed by atoms with Gasteiger partial charge >= 0.3 is 0 Å². The molecule has 0 aromatic heterocycles. The van der Waals surface area contributed by atoms with E-state index in [1.807, 2.05) is 32.0 Å². The van der Waals surface area contributed by atoms with Crippen LogP contribution in [-0.4, -0.2) is 17.3 Å². The van der Waals surface area contributed by atoms with Gasteiger partial charge in [0, 0.05) is 10.6 Å². The van der Waals surface area contributed by atoms with Crippen LogP contribution in [-0.2, 0) is 6.42 Å². The Morgan fingerprint density at radius 1 is 1.50 bits per heavy atom. The molecule has 0 bridgehead atoms. The monoisotopic (exact) mass is 213 g/mol. The zero-order valence-electron chi connectivity index (χ0n) is 8.55. The van der Waals surface area contributed by atoms with E-state index in [4.69, 9.17) is 22.4 Å². The molecule has 0 amide bonds. The third kappa shape index (κ3) is 2.98. The Morgan fingerprint density at radius 3 is 2.64 bits per heavy atom. The molecule has 14 heavy (non-hydrogen) atoms. The fraction of sp³-hybridized carbons (Fsp3) is 0.455. The van der Waals surface area contributed by atoms with Crippen LogP contribution >= 0.6 is 11.6 Å². The Morgan fingerprint density at radius 2 is 2.14 bits per heavy atom. The van der Waals surface area contributed by atoms with Crippen LogP contribution in [0.2, 0.25) is 5.02 Å². The zero-order chi connectivity index (χ0) is 10.8. The summed E-state index contributed by atoms with van der Waals surface area (Å²) in [4.78, 5) is 0. The molecule has 0 aliphatic carbocycles. The van der Waals surface area contributed by atoms with Crippen molar-refractivity contribution in [2.75, 3.05) is 6.61 Å². The van der Waals surface area contributed by atoms with Crippen molar-refractivity contribution in [1.29, 1.82) is 0 Å². The molecule has 0 spiro atoms. The van der Waals surface area contributed by atoms with Crippen molar-refractivity contribution in [3.8, 4) is 0 Å². The Balaban J connectivity index is 2.87. The topological polar surface area (TPSA) is 46.2 Å². The number of rotatable bonds is 3. The number of aryl methyl sites for hydroxylation is 1. The van der Waals surface area contributed by atoms with Crippen LogP contribution in [0.5, 0.6) is 0 Å². The molecule has 78 valence electrons. The number of hydrogen-bond donors (Lipinski definition) is 2. The second kappa shape index (κ2) is 4.30. The van der Waals surface area contributed by atoms with Crippen molar-refractivity contribution in [2.24, 2.45) is 5.73 Å². The quantitative estimate of drug-likeness (QED) is 0.806. The van der Waals surface area contributed by atoms with Gasteiger partial charge in [0.05, 0.1) is 6.61 Å². The molecular formula is C11H16ClNO. The largest absolute Gasteiger partial charge is 0.394 e. The van der Waals surface area contributed by atoms with Crippen LogP contribution in [0.3, 0.4) is 0 Å². The lowest BCUT2D eigenvalue weighted by Crippen LogP contribution is -2.42. The average Bonchev–Trinajstić information content (AvgIpc) is 2.10. The summed E-state index contributed by atoms with van der Waals surface area (Å²) in [6, 6.07) is 5.71. The van der Waals surface area contributed by atoms with E-state index in [1.54, 1.807) is 0 Å². The van der Waals surface area contributed by atoms with Crippen LogP contribution < -0.4 is 5.73 Å². The highest BCUT2D eigenvalue weighted by molar-refractivity contribution is 6.30. The van der Waals surface area contributed by atoms with Crippen molar-refractivity contribution < 1.29 is 5.11 Å². The van der Waals surface area contributed by atoms with Crippen LogP contribution in [0.25, 0.3) is 0 Å². The summed E-state index contributed by atoms with van der Waals surface area (Å²) in [5.74, 6) is 0. The van der Waals surface area contributed by atoms with Crippen molar-refractivity contribution in [1.82, 2.24) is 0 Å². The SMILES string of the molecule is Cc1cc(Cl)ccc1CC(C)(N)CO. The summed E-state index contributed by atoms with van der Waals surface area (Å²) in [5, 5.41) is 9.78. The lowest BCUT2D eigenvalue weighted by molar-refractivity contribution is 0.208. The number of halogens is 1. The second-order valence-electron chi connectivity index (χ2n) is 4.06. The fourth-order valence-corrected chi connectivity index (χ4v) is 1.58. The fourth-order valence-electron chi connectivity index (χ4n) is 1.35. The van der Waals surface area contributed by atoms with E-state index in [-0.39, 0.29) is 6.61 Å². The average molecular weight is 214 g/mol. The predicted molar refractivity (Wildman–Crippen MR) is 59.6 cm³/mol. The predicted octanol–water partition coefficient (Wildman–Crippen LogP) is 1.90. The second-order valence-corrected chi connectivity index (χ2v) is 4.50. The molecule has 0 aliphatic heterocycles. The molecule has 0 saturated heterocycles. The van der Waals surface area contributed by atoms with Crippen LogP contribution in [0.4, 0.5) is 0 Å². The third-order valence-corrected chi connectivity index (χ3v) is 2.50. The molecule has 0 radical (unpaired) electrons. The maximum absolute atomic E-state index is 9.05. The first-order valence-corrected chi connectivity index (χ1v) is 4.97. The maximum atomic E-state index is 9.05. The summed E-state index contributed by atoms with van der Waals surface area (Å²) in [6.45, 7) is 3.81. The third-order valence-electron chi connectivity index (χ3n) is 2.26. The summed E-state index contributed by atoms with van der Waals surface area (Å²) < 4.78 is 0. The minimum Gasteiger partial charge on any atom is -0.394 e. The molecule has 2 nitrogen and oxygen atoms in total. The van der Waals surface area contributed by atoms with Gasteiger partial charge in [0.2, 0.25) is 0 Å². The van der Waals surface area contributed by atoms with E-state index < -0.39 is 5.54 Å². The summed E-state index contributed by atoms with van der Waals surface area (Å²) in [5.41, 5.74) is 7.56. The molecule has 0 heterocycles. The smallest absolute Gasteiger partial charge is 0.0611 e. The first-order valence-electron chi connectivity index (χ1n) is 4.59. The van der Waals surface area contributed by atoms with E-state index in [9.17, 15) is 0 Å². The van der Waals surface area contributed by atoms with Gasteiger partial charge < -0.3 is 10.8 Å². The van der Waals surface area contributed by atoms with Gasteiger partial charge in [0.15, 0.2) is 0 Å². The maximum Gasteiger partial charge on any atom is 0.0611 e. The van der Waals surface area contributed by atoms with Gasteiger partial charge in [-0.2, -0.15) is 0 Å². The molecule has 0 fully saturated rings. The number of nitrogens with two attached hydrogens (primary N) is 1. The number of aliphatic hydroxyl groups is 1. The highest BCUT2D eigenvalue weighted by Gasteiger charge is 2.18. The number of aliphatic hydroxyl groups excluding tert-OH is 1. The van der Waals surface area contributed by atoms with Gasteiger partial charge in [0.25, 0.3) is 0 Å². The van der Waals surface area contributed by atoms with E-state index in [0.29, 0.717) is 6.42 Å². The first-order chi connectivity index (χ1) is 6.44. The van der Waals surface area contributed by atoms with Gasteiger partial charge in [-0.1, -0.05) is 17.7 Å².